The van der Waals surface area contributed by atoms with Gasteiger partial charge in [-0.25, -0.2) is 0 Å². The van der Waals surface area contributed by atoms with Crippen LogP contribution in [0.1, 0.15) is 6.42 Å². The van der Waals surface area contributed by atoms with Crippen molar-refractivity contribution in [1.29, 1.82) is 0 Å². The first-order valence-electron chi connectivity index (χ1n) is 4.12. The van der Waals surface area contributed by atoms with Gasteiger partial charge in [0.25, 0.3) is 0 Å². The molecule has 1 unspecified atom stereocenters. The van der Waals surface area contributed by atoms with E-state index in [0.29, 0.717) is 6.10 Å². The lowest BCUT2D eigenvalue weighted by molar-refractivity contribution is 0.176. The predicted octanol–water partition coefficient (Wildman–Crippen LogP) is 0.353. The molecule has 0 N–H and O–H groups in total. The predicted molar refractivity (Wildman–Crippen MR) is 43.7 cm³/mol. The fourth-order valence-electron chi connectivity index (χ4n) is 1.09. The Morgan fingerprint density at radius 2 is 2.36 bits per heavy atom. The highest BCUT2D eigenvalue weighted by Crippen LogP contribution is 2.09. The first kappa shape index (κ1) is 8.97. The third-order valence-corrected chi connectivity index (χ3v) is 1.81. The zero-order valence-electron chi connectivity index (χ0n) is 7.38. The van der Waals surface area contributed by atoms with Crippen LogP contribution in [0.4, 0.5) is 0 Å². The summed E-state index contributed by atoms with van der Waals surface area (Å²) in [5.41, 5.74) is 0. The van der Waals surface area contributed by atoms with Crippen molar-refractivity contribution in [2.24, 2.45) is 0 Å². The van der Waals surface area contributed by atoms with Gasteiger partial charge in [0.15, 0.2) is 0 Å². The number of ether oxygens (including phenoxy) is 2. The van der Waals surface area contributed by atoms with Crippen molar-refractivity contribution < 1.29 is 9.47 Å². The molecule has 0 amide bonds. The Bertz CT molecular complexity index is 104. The van der Waals surface area contributed by atoms with Crippen LogP contribution in [-0.4, -0.2) is 51.5 Å². The van der Waals surface area contributed by atoms with Crippen molar-refractivity contribution in [2.75, 3.05) is 40.5 Å². The van der Waals surface area contributed by atoms with Crippen LogP contribution >= 0.6 is 0 Å². The summed E-state index contributed by atoms with van der Waals surface area (Å²) in [4.78, 5) is 2.29. The molecular weight excluding hydrogens is 142 g/mol. The second-order valence-electron chi connectivity index (χ2n) is 3.06. The van der Waals surface area contributed by atoms with Crippen LogP contribution in [0.5, 0.6) is 0 Å². The van der Waals surface area contributed by atoms with E-state index < -0.39 is 0 Å². The Morgan fingerprint density at radius 1 is 1.64 bits per heavy atom. The largest absolute Gasteiger partial charge is 0.385 e. The van der Waals surface area contributed by atoms with Crippen LogP contribution in [-0.2, 0) is 9.47 Å². The Labute approximate surface area is 68.3 Å². The van der Waals surface area contributed by atoms with Crippen LogP contribution in [0, 0.1) is 0 Å². The van der Waals surface area contributed by atoms with Gasteiger partial charge in [0.1, 0.15) is 0 Å². The average molecular weight is 159 g/mol. The fourth-order valence-corrected chi connectivity index (χ4v) is 1.09. The molecule has 1 saturated heterocycles. The summed E-state index contributed by atoms with van der Waals surface area (Å²) in [7, 11) is 3.86. The van der Waals surface area contributed by atoms with E-state index in [2.05, 4.69) is 11.9 Å². The maximum Gasteiger partial charge on any atom is 0.0936 e. The highest BCUT2D eigenvalue weighted by Gasteiger charge is 2.23. The molecular formula is C8H17NO2. The van der Waals surface area contributed by atoms with Gasteiger partial charge in [-0.1, -0.05) is 0 Å². The number of epoxide rings is 1. The smallest absolute Gasteiger partial charge is 0.0936 e. The second-order valence-corrected chi connectivity index (χ2v) is 3.06. The molecule has 11 heavy (non-hydrogen) atoms. The number of nitrogens with zero attached hydrogens (tertiary/aromatic N) is 1. The van der Waals surface area contributed by atoms with Crippen molar-refractivity contribution in [1.82, 2.24) is 4.90 Å². The first-order valence-corrected chi connectivity index (χ1v) is 4.12. The van der Waals surface area contributed by atoms with E-state index >= 15 is 0 Å². The summed E-state index contributed by atoms with van der Waals surface area (Å²) in [5.74, 6) is 0. The Morgan fingerprint density at radius 3 is 2.91 bits per heavy atom. The third kappa shape index (κ3) is 4.35. The number of methoxy groups -OCH3 is 1. The standard InChI is InChI=1S/C8H17NO2/c1-9(4-3-5-10-2)6-8-7-11-8/h8H,3-7H2,1-2H3. The quantitative estimate of drug-likeness (QED) is 0.413. The summed E-state index contributed by atoms with van der Waals surface area (Å²) in [6.07, 6.45) is 1.63. The molecule has 0 radical (unpaired) electrons. The molecule has 66 valence electrons. The zero-order valence-corrected chi connectivity index (χ0v) is 7.38. The van der Waals surface area contributed by atoms with Crippen molar-refractivity contribution in [2.45, 2.75) is 12.5 Å². The molecule has 0 aliphatic carbocycles. The van der Waals surface area contributed by atoms with Crippen molar-refractivity contribution in [3.63, 3.8) is 0 Å². The summed E-state index contributed by atoms with van der Waals surface area (Å²) in [6, 6.07) is 0. The molecule has 1 fully saturated rings. The van der Waals surface area contributed by atoms with Gasteiger partial charge in [0.2, 0.25) is 0 Å². The van der Waals surface area contributed by atoms with Gasteiger partial charge in [-0.2, -0.15) is 0 Å². The molecule has 3 heteroatoms. The summed E-state index contributed by atoms with van der Waals surface area (Å²) < 4.78 is 10.1. The topological polar surface area (TPSA) is 25.0 Å². The molecule has 0 spiro atoms. The van der Waals surface area contributed by atoms with Gasteiger partial charge in [-0.05, 0) is 13.5 Å². The summed E-state index contributed by atoms with van der Waals surface area (Å²) in [6.45, 7) is 3.99. The van der Waals surface area contributed by atoms with E-state index in [1.807, 2.05) is 0 Å². The molecule has 1 atom stereocenters. The van der Waals surface area contributed by atoms with Crippen molar-refractivity contribution in [3.8, 4) is 0 Å². The highest BCUT2D eigenvalue weighted by atomic mass is 16.6. The molecule has 1 rings (SSSR count). The Balaban J connectivity index is 1.87. The molecule has 1 aliphatic heterocycles. The van der Waals surface area contributed by atoms with Crippen LogP contribution < -0.4 is 0 Å². The lowest BCUT2D eigenvalue weighted by atomic mass is 10.4. The maximum absolute atomic E-state index is 5.11. The van der Waals surface area contributed by atoms with Crippen LogP contribution in [0.15, 0.2) is 0 Å². The zero-order chi connectivity index (χ0) is 8.10. The molecule has 0 aromatic carbocycles. The highest BCUT2D eigenvalue weighted by molar-refractivity contribution is 4.72. The van der Waals surface area contributed by atoms with Crippen molar-refractivity contribution in [3.05, 3.63) is 0 Å². The van der Waals surface area contributed by atoms with Gasteiger partial charge in [-0.3, -0.25) is 0 Å². The van der Waals surface area contributed by atoms with E-state index in [0.717, 1.165) is 32.7 Å². The van der Waals surface area contributed by atoms with Gasteiger partial charge < -0.3 is 14.4 Å². The third-order valence-electron chi connectivity index (χ3n) is 1.81. The van der Waals surface area contributed by atoms with E-state index in [9.17, 15) is 0 Å². The minimum Gasteiger partial charge on any atom is -0.385 e. The number of hydrogen-bond acceptors (Lipinski definition) is 3. The first-order chi connectivity index (χ1) is 5.33. The molecule has 3 nitrogen and oxygen atoms in total. The molecule has 0 aromatic heterocycles. The second kappa shape index (κ2) is 4.70. The molecule has 1 heterocycles. The van der Waals surface area contributed by atoms with Gasteiger partial charge in [0, 0.05) is 26.8 Å². The van der Waals surface area contributed by atoms with E-state index in [1.54, 1.807) is 7.11 Å². The number of rotatable bonds is 6. The fraction of sp³-hybridized carbons (Fsp3) is 1.00. The van der Waals surface area contributed by atoms with Crippen molar-refractivity contribution >= 4 is 0 Å². The van der Waals surface area contributed by atoms with Gasteiger partial charge >= 0.3 is 0 Å². The number of hydrogen-bond donors (Lipinski definition) is 0. The summed E-state index contributed by atoms with van der Waals surface area (Å²) in [5, 5.41) is 0. The van der Waals surface area contributed by atoms with E-state index in [4.69, 9.17) is 9.47 Å². The van der Waals surface area contributed by atoms with E-state index in [-0.39, 0.29) is 0 Å². The normalized spacial score (nSPS) is 22.6. The minimum absolute atomic E-state index is 0.516. The van der Waals surface area contributed by atoms with Crippen LogP contribution in [0.25, 0.3) is 0 Å². The Kier molecular flexibility index (Phi) is 3.83. The van der Waals surface area contributed by atoms with Gasteiger partial charge in [-0.15, -0.1) is 0 Å². The van der Waals surface area contributed by atoms with Crippen LogP contribution in [0.3, 0.4) is 0 Å². The van der Waals surface area contributed by atoms with Gasteiger partial charge in [0.05, 0.1) is 12.7 Å². The van der Waals surface area contributed by atoms with Crippen LogP contribution in [0.2, 0.25) is 0 Å². The number of likely N-dealkylation sites (N-methyl/N-ethyl adjacent to an activating group) is 1. The van der Waals surface area contributed by atoms with E-state index in [1.165, 1.54) is 0 Å². The lowest BCUT2D eigenvalue weighted by Gasteiger charge is -2.13. The SMILES string of the molecule is COCCCN(C)CC1CO1. The Hall–Kier alpha value is -0.120. The molecule has 1 aliphatic rings. The monoisotopic (exact) mass is 159 g/mol. The summed E-state index contributed by atoms with van der Waals surface area (Å²) >= 11 is 0. The maximum atomic E-state index is 5.11. The molecule has 0 aromatic rings. The molecule has 0 saturated carbocycles. The minimum atomic E-state index is 0.516. The lowest BCUT2D eigenvalue weighted by Crippen LogP contribution is -2.25. The molecule has 0 bridgehead atoms. The average Bonchev–Trinajstić information content (AvgIpc) is 2.72.